The number of aryl methyl sites for hydroxylation is 1. The monoisotopic (exact) mass is 218 g/mol. The largest absolute Gasteiger partial charge is 0.384 e. The molecule has 0 atom stereocenters. The topological polar surface area (TPSA) is 76.7 Å². The molecular formula is C11H14N4O. The second-order valence-corrected chi connectivity index (χ2v) is 3.62. The minimum absolute atomic E-state index is 0.135. The van der Waals surface area contributed by atoms with E-state index in [0.717, 1.165) is 17.7 Å². The molecule has 16 heavy (non-hydrogen) atoms. The van der Waals surface area contributed by atoms with Crippen molar-refractivity contribution in [3.63, 3.8) is 0 Å². The van der Waals surface area contributed by atoms with Crippen LogP contribution in [0, 0.1) is 0 Å². The number of nitrogens with zero attached hydrogens (tertiary/aromatic N) is 2. The Bertz CT molecular complexity index is 568. The zero-order valence-corrected chi connectivity index (χ0v) is 9.32. The number of hydrogen-bond donors (Lipinski definition) is 2. The molecule has 0 spiro atoms. The van der Waals surface area contributed by atoms with Crippen molar-refractivity contribution in [2.24, 2.45) is 7.05 Å². The Balaban J connectivity index is 2.64. The number of H-pyrrole nitrogens is 1. The van der Waals surface area contributed by atoms with Crippen molar-refractivity contribution in [3.8, 4) is 11.4 Å². The van der Waals surface area contributed by atoms with Gasteiger partial charge in [-0.1, -0.05) is 13.0 Å². The Morgan fingerprint density at radius 1 is 1.50 bits per heavy atom. The summed E-state index contributed by atoms with van der Waals surface area (Å²) in [6, 6.07) is 5.00. The van der Waals surface area contributed by atoms with Gasteiger partial charge in [0.1, 0.15) is 11.5 Å². The molecule has 5 nitrogen and oxygen atoms in total. The van der Waals surface area contributed by atoms with Crippen LogP contribution in [-0.2, 0) is 13.5 Å². The maximum atomic E-state index is 11.2. The standard InChI is InChI=1S/C11H14N4O/c1-3-7-10(14-15(2)11(7)12)8-5-4-6-9(16)13-8/h4-6H,3,12H2,1-2H3,(H,13,16). The smallest absolute Gasteiger partial charge is 0.248 e. The van der Waals surface area contributed by atoms with Gasteiger partial charge in [0, 0.05) is 18.7 Å². The fourth-order valence-electron chi connectivity index (χ4n) is 1.73. The molecule has 0 aromatic carbocycles. The molecule has 3 N–H and O–H groups in total. The van der Waals surface area contributed by atoms with Crippen LogP contribution in [0.3, 0.4) is 0 Å². The summed E-state index contributed by atoms with van der Waals surface area (Å²) in [6.07, 6.45) is 0.784. The third-order valence-electron chi connectivity index (χ3n) is 2.57. The molecule has 0 radical (unpaired) electrons. The quantitative estimate of drug-likeness (QED) is 0.786. The minimum atomic E-state index is -0.135. The second kappa shape index (κ2) is 3.84. The molecule has 2 aromatic rings. The lowest BCUT2D eigenvalue weighted by Gasteiger charge is -1.99. The molecular weight excluding hydrogens is 204 g/mol. The van der Waals surface area contributed by atoms with E-state index in [9.17, 15) is 4.79 Å². The maximum Gasteiger partial charge on any atom is 0.248 e. The van der Waals surface area contributed by atoms with E-state index in [0.29, 0.717) is 11.5 Å². The average Bonchev–Trinajstić information content (AvgIpc) is 2.55. The van der Waals surface area contributed by atoms with E-state index in [4.69, 9.17) is 5.73 Å². The van der Waals surface area contributed by atoms with Crippen LogP contribution in [-0.4, -0.2) is 14.8 Å². The van der Waals surface area contributed by atoms with Gasteiger partial charge in [0.05, 0.1) is 5.69 Å². The van der Waals surface area contributed by atoms with Crippen molar-refractivity contribution in [1.29, 1.82) is 0 Å². The summed E-state index contributed by atoms with van der Waals surface area (Å²) in [5, 5.41) is 4.31. The van der Waals surface area contributed by atoms with Crippen LogP contribution in [0.15, 0.2) is 23.0 Å². The molecule has 2 heterocycles. The summed E-state index contributed by atoms with van der Waals surface area (Å²) >= 11 is 0. The number of pyridine rings is 1. The van der Waals surface area contributed by atoms with Crippen LogP contribution in [0.25, 0.3) is 11.4 Å². The first-order valence-corrected chi connectivity index (χ1v) is 5.14. The third kappa shape index (κ3) is 1.60. The van der Waals surface area contributed by atoms with E-state index >= 15 is 0 Å². The number of nitrogen functional groups attached to an aromatic ring is 1. The summed E-state index contributed by atoms with van der Waals surface area (Å²) in [5.41, 5.74) is 8.18. The zero-order chi connectivity index (χ0) is 11.7. The summed E-state index contributed by atoms with van der Waals surface area (Å²) < 4.78 is 1.62. The lowest BCUT2D eigenvalue weighted by Crippen LogP contribution is -2.04. The van der Waals surface area contributed by atoms with Crippen LogP contribution >= 0.6 is 0 Å². The molecule has 0 amide bonds. The van der Waals surface area contributed by atoms with E-state index in [1.54, 1.807) is 17.8 Å². The van der Waals surface area contributed by atoms with Crippen molar-refractivity contribution in [3.05, 3.63) is 34.1 Å². The molecule has 0 aliphatic rings. The van der Waals surface area contributed by atoms with Gasteiger partial charge < -0.3 is 10.7 Å². The Kier molecular flexibility index (Phi) is 2.52. The van der Waals surface area contributed by atoms with Crippen molar-refractivity contribution < 1.29 is 0 Å². The zero-order valence-electron chi connectivity index (χ0n) is 9.32. The number of aromatic amines is 1. The van der Waals surface area contributed by atoms with Gasteiger partial charge in [0.25, 0.3) is 0 Å². The first-order chi connectivity index (χ1) is 7.63. The molecule has 0 bridgehead atoms. The first kappa shape index (κ1) is 10.5. The van der Waals surface area contributed by atoms with Crippen LogP contribution in [0.5, 0.6) is 0 Å². The molecule has 84 valence electrons. The molecule has 0 aliphatic carbocycles. The molecule has 5 heteroatoms. The lowest BCUT2D eigenvalue weighted by molar-refractivity contribution is 0.780. The predicted molar refractivity (Wildman–Crippen MR) is 63.1 cm³/mol. The molecule has 0 saturated carbocycles. The van der Waals surface area contributed by atoms with Crippen molar-refractivity contribution in [2.75, 3.05) is 5.73 Å². The summed E-state index contributed by atoms with van der Waals surface area (Å²) in [6.45, 7) is 2.01. The van der Waals surface area contributed by atoms with Crippen molar-refractivity contribution in [2.45, 2.75) is 13.3 Å². The molecule has 2 rings (SSSR count). The minimum Gasteiger partial charge on any atom is -0.384 e. The average molecular weight is 218 g/mol. The Morgan fingerprint density at radius 2 is 2.25 bits per heavy atom. The van der Waals surface area contributed by atoms with Gasteiger partial charge in [0.2, 0.25) is 5.56 Å². The van der Waals surface area contributed by atoms with Crippen LogP contribution < -0.4 is 11.3 Å². The Morgan fingerprint density at radius 3 is 2.88 bits per heavy atom. The molecule has 2 aromatic heterocycles. The number of nitrogens with two attached hydrogens (primary N) is 1. The first-order valence-electron chi connectivity index (χ1n) is 5.14. The van der Waals surface area contributed by atoms with Gasteiger partial charge in [-0.25, -0.2) is 0 Å². The maximum absolute atomic E-state index is 11.2. The van der Waals surface area contributed by atoms with Gasteiger partial charge in [0.15, 0.2) is 0 Å². The normalized spacial score (nSPS) is 10.6. The summed E-state index contributed by atoms with van der Waals surface area (Å²) in [7, 11) is 1.79. The van der Waals surface area contributed by atoms with Gasteiger partial charge in [-0.2, -0.15) is 5.10 Å². The van der Waals surface area contributed by atoms with Gasteiger partial charge >= 0.3 is 0 Å². The van der Waals surface area contributed by atoms with Crippen LogP contribution in [0.4, 0.5) is 5.82 Å². The third-order valence-corrected chi connectivity index (χ3v) is 2.57. The highest BCUT2D eigenvalue weighted by atomic mass is 16.1. The van der Waals surface area contributed by atoms with E-state index in [1.807, 2.05) is 13.0 Å². The van der Waals surface area contributed by atoms with Crippen molar-refractivity contribution in [1.82, 2.24) is 14.8 Å². The summed E-state index contributed by atoms with van der Waals surface area (Å²) in [5.74, 6) is 0.641. The fourth-order valence-corrected chi connectivity index (χ4v) is 1.73. The van der Waals surface area contributed by atoms with Gasteiger partial charge in [-0.05, 0) is 12.5 Å². The highest BCUT2D eigenvalue weighted by molar-refractivity contribution is 5.65. The highest BCUT2D eigenvalue weighted by Crippen LogP contribution is 2.24. The lowest BCUT2D eigenvalue weighted by atomic mass is 10.1. The number of rotatable bonds is 2. The van der Waals surface area contributed by atoms with E-state index < -0.39 is 0 Å². The summed E-state index contributed by atoms with van der Waals surface area (Å²) in [4.78, 5) is 14.0. The number of aromatic nitrogens is 3. The molecule has 0 fully saturated rings. The van der Waals surface area contributed by atoms with E-state index in [-0.39, 0.29) is 5.56 Å². The van der Waals surface area contributed by atoms with E-state index in [2.05, 4.69) is 10.1 Å². The van der Waals surface area contributed by atoms with Crippen LogP contribution in [0.1, 0.15) is 12.5 Å². The number of hydrogen-bond acceptors (Lipinski definition) is 3. The van der Waals surface area contributed by atoms with Crippen molar-refractivity contribution >= 4 is 5.82 Å². The fraction of sp³-hybridized carbons (Fsp3) is 0.273. The number of anilines is 1. The van der Waals surface area contributed by atoms with Gasteiger partial charge in [-0.15, -0.1) is 0 Å². The molecule has 0 aliphatic heterocycles. The second-order valence-electron chi connectivity index (χ2n) is 3.62. The van der Waals surface area contributed by atoms with Crippen LogP contribution in [0.2, 0.25) is 0 Å². The Labute approximate surface area is 92.9 Å². The predicted octanol–water partition coefficient (Wildman–Crippen LogP) is 0.920. The molecule has 0 unspecified atom stereocenters. The highest BCUT2D eigenvalue weighted by Gasteiger charge is 2.13. The van der Waals surface area contributed by atoms with Gasteiger partial charge in [-0.3, -0.25) is 9.48 Å². The molecule has 0 saturated heterocycles. The number of nitrogens with one attached hydrogen (secondary N) is 1. The SMILES string of the molecule is CCc1c(-c2cccc(=O)[nH]2)nn(C)c1N. The van der Waals surface area contributed by atoms with E-state index in [1.165, 1.54) is 6.07 Å². The Hall–Kier alpha value is -2.04.